The minimum atomic E-state index is -0.599. The number of nitrogens with zero attached hydrogens (tertiary/aromatic N) is 1. The van der Waals surface area contributed by atoms with Crippen LogP contribution in [-0.2, 0) is 14.3 Å². The molecule has 3 unspecified atom stereocenters. The Balaban J connectivity index is 1.83. The van der Waals surface area contributed by atoms with E-state index < -0.39 is 30.0 Å². The van der Waals surface area contributed by atoms with Gasteiger partial charge in [-0.2, -0.15) is 0 Å². The van der Waals surface area contributed by atoms with Crippen LogP contribution < -0.4 is 10.6 Å². The first-order valence-corrected chi connectivity index (χ1v) is 8.80. The summed E-state index contributed by atoms with van der Waals surface area (Å²) in [5.74, 6) is -1.58. The minimum Gasteiger partial charge on any atom is -0.456 e. The molecule has 0 aromatic heterocycles. The van der Waals surface area contributed by atoms with Crippen molar-refractivity contribution in [2.45, 2.75) is 25.9 Å². The molecule has 3 atom stereocenters. The topological polar surface area (TPSA) is 87.7 Å². The standard InChI is InChI=1S/C19H21N3O4/c1-10(2)8-22-16-15(17(23)21-19(22)25)13(11-6-4-3-5-7-11)14-12(20-16)9-26-18(14)24/h3-7,10,13,15-16,20H,8-9H2,1-2H3,(H,21,23,25). The fraction of sp³-hybridized carbons (Fsp3) is 0.421. The molecule has 3 amide bonds. The summed E-state index contributed by atoms with van der Waals surface area (Å²) in [6.45, 7) is 4.69. The number of hydrogen-bond acceptors (Lipinski definition) is 5. The fourth-order valence-corrected chi connectivity index (χ4v) is 4.06. The first-order chi connectivity index (χ1) is 12.5. The Bertz CT molecular complexity index is 802. The van der Waals surface area contributed by atoms with Crippen LogP contribution in [0.5, 0.6) is 0 Å². The fourth-order valence-electron chi connectivity index (χ4n) is 4.06. The summed E-state index contributed by atoms with van der Waals surface area (Å²) in [6, 6.07) is 9.05. The van der Waals surface area contributed by atoms with Gasteiger partial charge in [-0.3, -0.25) is 10.1 Å². The van der Waals surface area contributed by atoms with E-state index in [4.69, 9.17) is 4.74 Å². The third-order valence-corrected chi connectivity index (χ3v) is 5.08. The third-order valence-electron chi connectivity index (χ3n) is 5.08. The van der Waals surface area contributed by atoms with Crippen molar-refractivity contribution in [1.29, 1.82) is 0 Å². The van der Waals surface area contributed by atoms with E-state index in [1.807, 2.05) is 44.2 Å². The average molecular weight is 355 g/mol. The highest BCUT2D eigenvalue weighted by Crippen LogP contribution is 2.43. The lowest BCUT2D eigenvalue weighted by Gasteiger charge is -2.47. The molecule has 0 spiro atoms. The van der Waals surface area contributed by atoms with E-state index in [0.29, 0.717) is 17.8 Å². The zero-order chi connectivity index (χ0) is 18.4. The Morgan fingerprint density at radius 1 is 1.19 bits per heavy atom. The van der Waals surface area contributed by atoms with Gasteiger partial charge in [0.2, 0.25) is 5.91 Å². The summed E-state index contributed by atoms with van der Waals surface area (Å²) in [5, 5.41) is 5.70. The molecule has 26 heavy (non-hydrogen) atoms. The van der Waals surface area contributed by atoms with Gasteiger partial charge in [0, 0.05) is 12.5 Å². The molecule has 7 heteroatoms. The lowest BCUT2D eigenvalue weighted by Crippen LogP contribution is -2.68. The van der Waals surface area contributed by atoms with Crippen molar-refractivity contribution in [2.75, 3.05) is 13.2 Å². The van der Waals surface area contributed by atoms with E-state index in [0.717, 1.165) is 5.56 Å². The molecule has 3 aliphatic rings. The Labute approximate surface area is 151 Å². The van der Waals surface area contributed by atoms with Gasteiger partial charge in [-0.1, -0.05) is 44.2 Å². The van der Waals surface area contributed by atoms with Gasteiger partial charge in [-0.05, 0) is 11.5 Å². The van der Waals surface area contributed by atoms with Crippen LogP contribution in [0.1, 0.15) is 25.3 Å². The van der Waals surface area contributed by atoms with Crippen molar-refractivity contribution in [3.05, 3.63) is 47.2 Å². The van der Waals surface area contributed by atoms with E-state index in [9.17, 15) is 14.4 Å². The third kappa shape index (κ3) is 2.55. The van der Waals surface area contributed by atoms with Gasteiger partial charge >= 0.3 is 12.0 Å². The number of rotatable bonds is 3. The molecule has 136 valence electrons. The number of fused-ring (bicyclic) bond motifs is 1. The molecule has 2 N–H and O–H groups in total. The number of esters is 1. The Morgan fingerprint density at radius 3 is 2.62 bits per heavy atom. The highest BCUT2D eigenvalue weighted by molar-refractivity contribution is 6.02. The van der Waals surface area contributed by atoms with Gasteiger partial charge in [-0.15, -0.1) is 0 Å². The van der Waals surface area contributed by atoms with Crippen LogP contribution in [-0.4, -0.2) is 42.1 Å². The van der Waals surface area contributed by atoms with Crippen molar-refractivity contribution >= 4 is 17.9 Å². The van der Waals surface area contributed by atoms with Crippen LogP contribution in [0.25, 0.3) is 0 Å². The second-order valence-corrected chi connectivity index (χ2v) is 7.31. The number of nitrogens with one attached hydrogen (secondary N) is 2. The lowest BCUT2D eigenvalue weighted by atomic mass is 9.74. The van der Waals surface area contributed by atoms with Gasteiger partial charge < -0.3 is 15.0 Å². The predicted octanol–water partition coefficient (Wildman–Crippen LogP) is 1.33. The van der Waals surface area contributed by atoms with Crippen LogP contribution in [0, 0.1) is 11.8 Å². The summed E-state index contributed by atoms with van der Waals surface area (Å²) >= 11 is 0. The van der Waals surface area contributed by atoms with Crippen LogP contribution in [0.2, 0.25) is 0 Å². The molecule has 0 radical (unpaired) electrons. The van der Waals surface area contributed by atoms with Crippen LogP contribution in [0.15, 0.2) is 41.6 Å². The van der Waals surface area contributed by atoms with Crippen molar-refractivity contribution in [1.82, 2.24) is 15.5 Å². The Hall–Kier alpha value is -2.83. The molecule has 0 bridgehead atoms. The normalized spacial score (nSPS) is 27.7. The van der Waals surface area contributed by atoms with Crippen molar-refractivity contribution in [3.63, 3.8) is 0 Å². The van der Waals surface area contributed by atoms with E-state index in [1.54, 1.807) is 4.90 Å². The Kier molecular flexibility index (Phi) is 3.94. The summed E-state index contributed by atoms with van der Waals surface area (Å²) < 4.78 is 5.23. The van der Waals surface area contributed by atoms with Gasteiger partial charge in [0.05, 0.1) is 17.2 Å². The lowest BCUT2D eigenvalue weighted by molar-refractivity contribution is -0.136. The number of hydrogen-bond donors (Lipinski definition) is 2. The molecule has 3 aliphatic heterocycles. The quantitative estimate of drug-likeness (QED) is 0.799. The molecule has 1 saturated heterocycles. The van der Waals surface area contributed by atoms with Crippen molar-refractivity contribution < 1.29 is 19.1 Å². The molecule has 7 nitrogen and oxygen atoms in total. The second-order valence-electron chi connectivity index (χ2n) is 7.31. The summed E-state index contributed by atoms with van der Waals surface area (Å²) in [6.07, 6.45) is -0.503. The minimum absolute atomic E-state index is 0.145. The largest absolute Gasteiger partial charge is 0.456 e. The summed E-state index contributed by atoms with van der Waals surface area (Å²) in [4.78, 5) is 39.2. The van der Waals surface area contributed by atoms with Crippen LogP contribution >= 0.6 is 0 Å². The van der Waals surface area contributed by atoms with Crippen LogP contribution in [0.4, 0.5) is 4.79 Å². The van der Waals surface area contributed by atoms with E-state index >= 15 is 0 Å². The molecular weight excluding hydrogens is 334 g/mol. The highest BCUT2D eigenvalue weighted by atomic mass is 16.5. The van der Waals surface area contributed by atoms with Crippen molar-refractivity contribution in [3.8, 4) is 0 Å². The van der Waals surface area contributed by atoms with Crippen molar-refractivity contribution in [2.24, 2.45) is 11.8 Å². The smallest absolute Gasteiger partial charge is 0.336 e. The number of imide groups is 1. The summed E-state index contributed by atoms with van der Waals surface area (Å²) in [7, 11) is 0. The number of urea groups is 1. The monoisotopic (exact) mass is 355 g/mol. The maximum atomic E-state index is 12.8. The second kappa shape index (κ2) is 6.16. The highest BCUT2D eigenvalue weighted by Gasteiger charge is 2.53. The molecule has 3 heterocycles. The number of carbonyl (C=O) groups excluding carboxylic acids is 3. The van der Waals surface area contributed by atoms with E-state index in [1.165, 1.54) is 0 Å². The average Bonchev–Trinajstić information content (AvgIpc) is 2.98. The molecular formula is C19H21N3O4. The molecule has 0 saturated carbocycles. The SMILES string of the molecule is CC(C)CN1C(=O)NC(=O)C2C(c3ccccc3)C3=C(COC3=O)NC21. The molecule has 4 rings (SSSR count). The first kappa shape index (κ1) is 16.6. The number of benzene rings is 1. The summed E-state index contributed by atoms with van der Waals surface area (Å²) in [5.41, 5.74) is 2.03. The Morgan fingerprint density at radius 2 is 1.92 bits per heavy atom. The molecule has 1 aromatic carbocycles. The molecule has 1 aromatic rings. The number of ether oxygens (including phenoxy) is 1. The zero-order valence-electron chi connectivity index (χ0n) is 14.7. The maximum absolute atomic E-state index is 12.8. The van der Waals surface area contributed by atoms with E-state index in [2.05, 4.69) is 10.6 Å². The maximum Gasteiger partial charge on any atom is 0.336 e. The number of amides is 3. The number of cyclic esters (lactones) is 1. The number of carbonyl (C=O) groups is 3. The molecule has 0 aliphatic carbocycles. The van der Waals surface area contributed by atoms with Gasteiger partial charge in [0.15, 0.2) is 0 Å². The molecule has 1 fully saturated rings. The predicted molar refractivity (Wildman–Crippen MR) is 92.7 cm³/mol. The van der Waals surface area contributed by atoms with Gasteiger partial charge in [0.25, 0.3) is 0 Å². The van der Waals surface area contributed by atoms with E-state index in [-0.39, 0.29) is 18.4 Å². The first-order valence-electron chi connectivity index (χ1n) is 8.80. The van der Waals surface area contributed by atoms with Gasteiger partial charge in [-0.25, -0.2) is 9.59 Å². The van der Waals surface area contributed by atoms with Gasteiger partial charge in [0.1, 0.15) is 12.8 Å². The zero-order valence-corrected chi connectivity index (χ0v) is 14.7. The van der Waals surface area contributed by atoms with Crippen LogP contribution in [0.3, 0.4) is 0 Å².